The number of carbonyl (C=O) groups is 1. The lowest BCUT2D eigenvalue weighted by Crippen LogP contribution is -2.22. The van der Waals surface area contributed by atoms with E-state index in [-0.39, 0.29) is 17.6 Å². The summed E-state index contributed by atoms with van der Waals surface area (Å²) < 4.78 is 13.8. The van der Waals surface area contributed by atoms with Crippen molar-refractivity contribution in [1.82, 2.24) is 9.97 Å². The van der Waals surface area contributed by atoms with Gasteiger partial charge in [0.05, 0.1) is 10.5 Å². The van der Waals surface area contributed by atoms with Crippen LogP contribution in [0.25, 0.3) is 10.9 Å². The zero-order valence-electron chi connectivity index (χ0n) is 15.8. The average Bonchev–Trinajstić information content (AvgIpc) is 3.28. The maximum absolute atomic E-state index is 13.8. The quantitative estimate of drug-likeness (QED) is 0.614. The van der Waals surface area contributed by atoms with Gasteiger partial charge in [0, 0.05) is 23.7 Å². The van der Waals surface area contributed by atoms with Crippen molar-refractivity contribution in [2.75, 3.05) is 5.32 Å². The molecular weight excluding hydrogens is 389 g/mol. The van der Waals surface area contributed by atoms with Crippen molar-refractivity contribution in [2.45, 2.75) is 31.6 Å². The molecule has 0 aliphatic heterocycles. The summed E-state index contributed by atoms with van der Waals surface area (Å²) in [7, 11) is 0. The molecule has 2 aromatic heterocycles. The molecule has 1 N–H and O–H groups in total. The molecule has 2 aliphatic carbocycles. The van der Waals surface area contributed by atoms with Crippen LogP contribution in [-0.4, -0.2) is 15.9 Å². The Morgan fingerprint density at radius 1 is 1.03 bits per heavy atom. The third-order valence-corrected chi connectivity index (χ3v) is 6.77. The van der Waals surface area contributed by atoms with Crippen molar-refractivity contribution in [3.05, 3.63) is 65.2 Å². The van der Waals surface area contributed by atoms with E-state index < -0.39 is 0 Å². The second-order valence-electron chi connectivity index (χ2n) is 8.27. The summed E-state index contributed by atoms with van der Waals surface area (Å²) in [6, 6.07) is 10.3. The van der Waals surface area contributed by atoms with Crippen LogP contribution in [0.2, 0.25) is 5.02 Å². The van der Waals surface area contributed by atoms with Gasteiger partial charge in [-0.05, 0) is 85.4 Å². The molecule has 2 fully saturated rings. The van der Waals surface area contributed by atoms with Crippen LogP contribution in [0.5, 0.6) is 0 Å². The van der Waals surface area contributed by atoms with Gasteiger partial charge in [-0.25, -0.2) is 9.37 Å². The third kappa shape index (κ3) is 3.60. The number of anilines is 1. The molecule has 29 heavy (non-hydrogen) atoms. The van der Waals surface area contributed by atoms with Crippen LogP contribution in [0, 0.1) is 23.6 Å². The normalized spacial score (nSPS) is 25.9. The number of nitrogens with one attached hydrogen (secondary N) is 1. The van der Waals surface area contributed by atoms with E-state index in [0.29, 0.717) is 28.6 Å². The SMILES string of the molecule is O=C(Nc1ccc(Cl)cn1)C1C[C@@H]2CC(c3ccnc4ccc(F)cc34)C[C@@H]2C1. The zero-order valence-corrected chi connectivity index (χ0v) is 16.6. The summed E-state index contributed by atoms with van der Waals surface area (Å²) >= 11 is 5.85. The molecular formula is C23H21ClFN3O. The van der Waals surface area contributed by atoms with Gasteiger partial charge in [0.15, 0.2) is 0 Å². The Bertz CT molecular complexity index is 1060. The first-order valence-corrected chi connectivity index (χ1v) is 10.4. The van der Waals surface area contributed by atoms with Crippen LogP contribution >= 0.6 is 11.6 Å². The molecule has 4 atom stereocenters. The highest BCUT2D eigenvalue weighted by Gasteiger charge is 2.44. The Morgan fingerprint density at radius 3 is 2.55 bits per heavy atom. The van der Waals surface area contributed by atoms with Crippen LogP contribution < -0.4 is 5.32 Å². The van der Waals surface area contributed by atoms with E-state index in [9.17, 15) is 9.18 Å². The fraction of sp³-hybridized carbons (Fsp3) is 0.348. The van der Waals surface area contributed by atoms with E-state index in [1.165, 1.54) is 17.8 Å². The monoisotopic (exact) mass is 409 g/mol. The highest BCUT2D eigenvalue weighted by molar-refractivity contribution is 6.30. The van der Waals surface area contributed by atoms with Crippen molar-refractivity contribution >= 4 is 34.2 Å². The summed E-state index contributed by atoms with van der Waals surface area (Å²) in [6.45, 7) is 0. The molecule has 0 bridgehead atoms. The van der Waals surface area contributed by atoms with E-state index in [2.05, 4.69) is 15.3 Å². The molecule has 0 radical (unpaired) electrons. The fourth-order valence-electron chi connectivity index (χ4n) is 5.26. The van der Waals surface area contributed by atoms with Crippen molar-refractivity contribution in [3.8, 4) is 0 Å². The van der Waals surface area contributed by atoms with Crippen LogP contribution in [0.1, 0.15) is 37.2 Å². The number of hydrogen-bond acceptors (Lipinski definition) is 3. The minimum Gasteiger partial charge on any atom is -0.310 e. The smallest absolute Gasteiger partial charge is 0.228 e. The Balaban J connectivity index is 1.27. The van der Waals surface area contributed by atoms with Crippen molar-refractivity contribution in [2.24, 2.45) is 17.8 Å². The number of fused-ring (bicyclic) bond motifs is 2. The largest absolute Gasteiger partial charge is 0.310 e. The van der Waals surface area contributed by atoms with Crippen molar-refractivity contribution < 1.29 is 9.18 Å². The minimum atomic E-state index is -0.225. The molecule has 0 spiro atoms. The van der Waals surface area contributed by atoms with Gasteiger partial charge in [-0.2, -0.15) is 0 Å². The maximum Gasteiger partial charge on any atom is 0.228 e. The van der Waals surface area contributed by atoms with Gasteiger partial charge in [0.2, 0.25) is 5.91 Å². The van der Waals surface area contributed by atoms with Crippen molar-refractivity contribution in [1.29, 1.82) is 0 Å². The molecule has 0 saturated heterocycles. The summed E-state index contributed by atoms with van der Waals surface area (Å²) in [5, 5.41) is 4.38. The lowest BCUT2D eigenvalue weighted by Gasteiger charge is -2.16. The summed E-state index contributed by atoms with van der Waals surface area (Å²) in [6.07, 6.45) is 7.24. The number of halogens is 2. The van der Waals surface area contributed by atoms with Gasteiger partial charge in [0.1, 0.15) is 11.6 Å². The molecule has 2 unspecified atom stereocenters. The number of amides is 1. The number of rotatable bonds is 3. The molecule has 6 heteroatoms. The number of benzene rings is 1. The second-order valence-corrected chi connectivity index (χ2v) is 8.71. The first kappa shape index (κ1) is 18.5. The van der Waals surface area contributed by atoms with E-state index in [1.807, 2.05) is 12.3 Å². The zero-order chi connectivity index (χ0) is 20.0. The average molecular weight is 410 g/mol. The molecule has 4 nitrogen and oxygen atoms in total. The fourth-order valence-corrected chi connectivity index (χ4v) is 5.37. The number of nitrogens with zero attached hydrogens (tertiary/aromatic N) is 2. The molecule has 2 aliphatic rings. The van der Waals surface area contributed by atoms with E-state index >= 15 is 0 Å². The van der Waals surface area contributed by atoms with Gasteiger partial charge in [-0.3, -0.25) is 9.78 Å². The van der Waals surface area contributed by atoms with Crippen LogP contribution in [-0.2, 0) is 4.79 Å². The summed E-state index contributed by atoms with van der Waals surface area (Å²) in [5.41, 5.74) is 2.03. The van der Waals surface area contributed by atoms with Gasteiger partial charge >= 0.3 is 0 Å². The van der Waals surface area contributed by atoms with Gasteiger partial charge in [-0.1, -0.05) is 11.6 Å². The first-order chi connectivity index (χ1) is 14.1. The lowest BCUT2D eigenvalue weighted by molar-refractivity contribution is -0.119. The topological polar surface area (TPSA) is 54.9 Å². The van der Waals surface area contributed by atoms with Gasteiger partial charge < -0.3 is 5.32 Å². The highest BCUT2D eigenvalue weighted by Crippen LogP contribution is 2.53. The van der Waals surface area contributed by atoms with E-state index in [1.54, 1.807) is 24.3 Å². The van der Waals surface area contributed by atoms with Crippen LogP contribution in [0.3, 0.4) is 0 Å². The highest BCUT2D eigenvalue weighted by atomic mass is 35.5. The minimum absolute atomic E-state index is 0.0232. The van der Waals surface area contributed by atoms with Gasteiger partial charge in [-0.15, -0.1) is 0 Å². The predicted molar refractivity (Wildman–Crippen MR) is 111 cm³/mol. The number of carbonyl (C=O) groups excluding carboxylic acids is 1. The van der Waals surface area contributed by atoms with E-state index in [4.69, 9.17) is 11.6 Å². The van der Waals surface area contributed by atoms with Crippen LogP contribution in [0.4, 0.5) is 10.2 Å². The van der Waals surface area contributed by atoms with Crippen molar-refractivity contribution in [3.63, 3.8) is 0 Å². The van der Waals surface area contributed by atoms with E-state index in [0.717, 1.165) is 36.6 Å². The second kappa shape index (κ2) is 7.38. The maximum atomic E-state index is 13.8. The molecule has 3 aromatic rings. The molecule has 148 valence electrons. The number of hydrogen-bond donors (Lipinski definition) is 1. The predicted octanol–water partition coefficient (Wildman–Crippen LogP) is 5.58. The third-order valence-electron chi connectivity index (χ3n) is 6.54. The number of aromatic nitrogens is 2. The summed E-state index contributed by atoms with van der Waals surface area (Å²) in [5.74, 6) is 1.85. The lowest BCUT2D eigenvalue weighted by atomic mass is 9.90. The molecule has 2 saturated carbocycles. The number of pyridine rings is 2. The van der Waals surface area contributed by atoms with Crippen LogP contribution in [0.15, 0.2) is 48.8 Å². The Kier molecular flexibility index (Phi) is 4.70. The Hall–Kier alpha value is -2.53. The Morgan fingerprint density at radius 2 is 1.83 bits per heavy atom. The molecule has 5 rings (SSSR count). The standard InChI is InChI=1S/C23H21ClFN3O/c24-17-1-4-22(27-12-17)28-23(29)16-9-13-7-15(8-14(13)10-16)19-5-6-26-21-3-2-18(25)11-20(19)21/h1-6,11-16H,7-10H2,(H,27,28,29)/t13-,14+,15?,16?. The molecule has 2 heterocycles. The summed E-state index contributed by atoms with van der Waals surface area (Å²) in [4.78, 5) is 21.2. The molecule has 1 aromatic carbocycles. The first-order valence-electron chi connectivity index (χ1n) is 10.0. The Labute approximate surface area is 173 Å². The van der Waals surface area contributed by atoms with Gasteiger partial charge in [0.25, 0.3) is 0 Å². The molecule has 1 amide bonds.